The number of hydrogen-bond donors (Lipinski definition) is 2. The first-order valence-electron chi connectivity index (χ1n) is 11.7. The molecule has 0 saturated carbocycles. The van der Waals surface area contributed by atoms with Gasteiger partial charge in [-0.3, -0.25) is 4.99 Å². The molecule has 3 unspecified atom stereocenters. The molecule has 174 valence electrons. The molecule has 1 fully saturated rings. The van der Waals surface area contributed by atoms with Crippen LogP contribution in [0.15, 0.2) is 53.5 Å². The Morgan fingerprint density at radius 1 is 1.09 bits per heavy atom. The van der Waals surface area contributed by atoms with Crippen LogP contribution >= 0.6 is 0 Å². The maximum absolute atomic E-state index is 6.13. The summed E-state index contributed by atoms with van der Waals surface area (Å²) >= 11 is 0. The van der Waals surface area contributed by atoms with Crippen LogP contribution in [0.2, 0.25) is 0 Å². The van der Waals surface area contributed by atoms with Crippen LogP contribution in [0.25, 0.3) is 0 Å². The van der Waals surface area contributed by atoms with Crippen molar-refractivity contribution in [2.75, 3.05) is 33.4 Å². The van der Waals surface area contributed by atoms with Gasteiger partial charge in [-0.05, 0) is 56.9 Å². The molecule has 2 N–H and O–H groups in total. The summed E-state index contributed by atoms with van der Waals surface area (Å²) < 4.78 is 17.6. The van der Waals surface area contributed by atoms with Gasteiger partial charge in [-0.1, -0.05) is 36.4 Å². The molecule has 1 aliphatic heterocycles. The second kappa shape index (κ2) is 12.3. The average molecular weight is 440 g/mol. The Balaban J connectivity index is 1.62. The fraction of sp³-hybridized carbons (Fsp3) is 0.500. The predicted octanol–water partition coefficient (Wildman–Crippen LogP) is 4.88. The molecule has 0 amide bonds. The van der Waals surface area contributed by atoms with Crippen molar-refractivity contribution in [3.05, 3.63) is 59.7 Å². The summed E-state index contributed by atoms with van der Waals surface area (Å²) in [6.45, 7) is 8.91. The average Bonchev–Trinajstić information content (AvgIpc) is 2.83. The van der Waals surface area contributed by atoms with E-state index in [4.69, 9.17) is 14.2 Å². The molecular weight excluding hydrogens is 402 g/mol. The van der Waals surface area contributed by atoms with Crippen LogP contribution in [0, 0.1) is 5.92 Å². The van der Waals surface area contributed by atoms with Gasteiger partial charge in [-0.15, -0.1) is 0 Å². The Labute approximate surface area is 192 Å². The molecule has 1 saturated heterocycles. The zero-order valence-electron chi connectivity index (χ0n) is 19.8. The van der Waals surface area contributed by atoms with Gasteiger partial charge in [0.25, 0.3) is 0 Å². The molecule has 0 radical (unpaired) electrons. The fourth-order valence-electron chi connectivity index (χ4n) is 4.11. The first-order valence-corrected chi connectivity index (χ1v) is 11.7. The van der Waals surface area contributed by atoms with Gasteiger partial charge in [0, 0.05) is 26.1 Å². The van der Waals surface area contributed by atoms with Crippen molar-refractivity contribution >= 4 is 5.96 Å². The van der Waals surface area contributed by atoms with Crippen molar-refractivity contribution in [2.24, 2.45) is 10.9 Å². The molecule has 2 aromatic rings. The van der Waals surface area contributed by atoms with Crippen LogP contribution in [0.1, 0.15) is 56.9 Å². The topological polar surface area (TPSA) is 64.1 Å². The number of nitrogens with zero attached hydrogens (tertiary/aromatic N) is 1. The van der Waals surface area contributed by atoms with E-state index in [2.05, 4.69) is 52.9 Å². The third-order valence-electron chi connectivity index (χ3n) is 5.75. The molecule has 0 aromatic heterocycles. The van der Waals surface area contributed by atoms with Gasteiger partial charge in [0.05, 0.1) is 25.4 Å². The van der Waals surface area contributed by atoms with Gasteiger partial charge in [0.1, 0.15) is 0 Å². The first kappa shape index (κ1) is 23.9. The molecular formula is C26H37N3O3. The summed E-state index contributed by atoms with van der Waals surface area (Å²) in [6.07, 6.45) is 2.34. The lowest BCUT2D eigenvalue weighted by Crippen LogP contribution is -2.42. The normalized spacial score (nSPS) is 19.8. The zero-order valence-corrected chi connectivity index (χ0v) is 19.8. The SMILES string of the molecule is CCOc1ccc(C(C)NC(=NC)NCC2CCCOC2c2ccccc2)cc1OCC. The quantitative estimate of drug-likeness (QED) is 0.431. The Kier molecular flexibility index (Phi) is 9.23. The van der Waals surface area contributed by atoms with Crippen molar-refractivity contribution in [1.82, 2.24) is 10.6 Å². The summed E-state index contributed by atoms with van der Waals surface area (Å²) in [5.74, 6) is 2.72. The van der Waals surface area contributed by atoms with Gasteiger partial charge in [-0.25, -0.2) is 0 Å². The smallest absolute Gasteiger partial charge is 0.191 e. The predicted molar refractivity (Wildman–Crippen MR) is 130 cm³/mol. The van der Waals surface area contributed by atoms with Crippen LogP contribution in [0.5, 0.6) is 11.5 Å². The minimum Gasteiger partial charge on any atom is -0.490 e. The summed E-state index contributed by atoms with van der Waals surface area (Å²) in [4.78, 5) is 4.44. The Hall–Kier alpha value is -2.73. The van der Waals surface area contributed by atoms with E-state index in [1.165, 1.54) is 5.56 Å². The van der Waals surface area contributed by atoms with Crippen molar-refractivity contribution in [3.8, 4) is 11.5 Å². The summed E-state index contributed by atoms with van der Waals surface area (Å²) in [6, 6.07) is 16.6. The van der Waals surface area contributed by atoms with E-state index in [0.717, 1.165) is 49.0 Å². The van der Waals surface area contributed by atoms with Crippen LogP contribution in [-0.4, -0.2) is 39.4 Å². The molecule has 6 heteroatoms. The third kappa shape index (κ3) is 6.39. The van der Waals surface area contributed by atoms with Crippen LogP contribution < -0.4 is 20.1 Å². The lowest BCUT2D eigenvalue weighted by atomic mass is 9.89. The summed E-state index contributed by atoms with van der Waals surface area (Å²) in [7, 11) is 1.80. The number of hydrogen-bond acceptors (Lipinski definition) is 4. The lowest BCUT2D eigenvalue weighted by Gasteiger charge is -2.33. The molecule has 6 nitrogen and oxygen atoms in total. The monoisotopic (exact) mass is 439 g/mol. The van der Waals surface area contributed by atoms with Gasteiger partial charge in [0.2, 0.25) is 0 Å². The number of benzene rings is 2. The molecule has 32 heavy (non-hydrogen) atoms. The lowest BCUT2D eigenvalue weighted by molar-refractivity contribution is -0.0265. The molecule has 0 spiro atoms. The summed E-state index contributed by atoms with van der Waals surface area (Å²) in [5.41, 5.74) is 2.36. The molecule has 0 bridgehead atoms. The zero-order chi connectivity index (χ0) is 22.8. The van der Waals surface area contributed by atoms with Crippen molar-refractivity contribution < 1.29 is 14.2 Å². The van der Waals surface area contributed by atoms with E-state index >= 15 is 0 Å². The maximum atomic E-state index is 6.13. The van der Waals surface area contributed by atoms with E-state index in [-0.39, 0.29) is 12.1 Å². The van der Waals surface area contributed by atoms with Crippen molar-refractivity contribution in [1.29, 1.82) is 0 Å². The Morgan fingerprint density at radius 2 is 1.84 bits per heavy atom. The highest BCUT2D eigenvalue weighted by Gasteiger charge is 2.27. The summed E-state index contributed by atoms with van der Waals surface area (Å²) in [5, 5.41) is 7.01. The van der Waals surface area contributed by atoms with Crippen LogP contribution in [0.4, 0.5) is 0 Å². The number of guanidine groups is 1. The highest BCUT2D eigenvalue weighted by Crippen LogP contribution is 2.33. The Morgan fingerprint density at radius 3 is 2.56 bits per heavy atom. The fourth-order valence-corrected chi connectivity index (χ4v) is 4.11. The Bertz CT molecular complexity index is 857. The number of ether oxygens (including phenoxy) is 3. The standard InChI is InChI=1S/C26H37N3O3/c1-5-30-23-15-14-21(17-24(23)31-6-2)19(3)29-26(27-4)28-18-22-13-10-16-32-25(22)20-11-8-7-9-12-20/h7-9,11-12,14-15,17,19,22,25H,5-6,10,13,16,18H2,1-4H3,(H2,27,28,29). The second-order valence-electron chi connectivity index (χ2n) is 8.00. The third-order valence-corrected chi connectivity index (χ3v) is 5.75. The van der Waals surface area contributed by atoms with E-state index in [1.54, 1.807) is 7.05 Å². The molecule has 1 aliphatic rings. The number of nitrogens with one attached hydrogen (secondary N) is 2. The van der Waals surface area contributed by atoms with E-state index in [1.807, 2.05) is 32.0 Å². The molecule has 0 aliphatic carbocycles. The van der Waals surface area contributed by atoms with Crippen molar-refractivity contribution in [3.63, 3.8) is 0 Å². The highest BCUT2D eigenvalue weighted by atomic mass is 16.5. The van der Waals surface area contributed by atoms with E-state index in [9.17, 15) is 0 Å². The largest absolute Gasteiger partial charge is 0.490 e. The van der Waals surface area contributed by atoms with Gasteiger partial charge in [0.15, 0.2) is 17.5 Å². The van der Waals surface area contributed by atoms with E-state index < -0.39 is 0 Å². The highest BCUT2D eigenvalue weighted by molar-refractivity contribution is 5.80. The molecule has 3 atom stereocenters. The van der Waals surface area contributed by atoms with Gasteiger partial charge >= 0.3 is 0 Å². The number of aliphatic imine (C=N–C) groups is 1. The van der Waals surface area contributed by atoms with Gasteiger partial charge < -0.3 is 24.8 Å². The van der Waals surface area contributed by atoms with Gasteiger partial charge in [-0.2, -0.15) is 0 Å². The van der Waals surface area contributed by atoms with Crippen LogP contribution in [-0.2, 0) is 4.74 Å². The molecule has 2 aromatic carbocycles. The maximum Gasteiger partial charge on any atom is 0.191 e. The minimum atomic E-state index is 0.0589. The molecule has 3 rings (SSSR count). The first-order chi connectivity index (χ1) is 15.7. The second-order valence-corrected chi connectivity index (χ2v) is 8.00. The van der Waals surface area contributed by atoms with E-state index in [0.29, 0.717) is 19.1 Å². The number of rotatable bonds is 9. The van der Waals surface area contributed by atoms with Crippen molar-refractivity contribution in [2.45, 2.75) is 45.8 Å². The minimum absolute atomic E-state index is 0.0589. The van der Waals surface area contributed by atoms with Crippen LogP contribution in [0.3, 0.4) is 0 Å². The molecule has 1 heterocycles.